The molecular weight excluding hydrogens is 222 g/mol. The van der Waals surface area contributed by atoms with Gasteiger partial charge in [-0.15, -0.1) is 0 Å². The van der Waals surface area contributed by atoms with E-state index in [9.17, 15) is 4.79 Å². The van der Waals surface area contributed by atoms with Crippen LogP contribution in [-0.4, -0.2) is 17.6 Å². The number of hydrogen-bond acceptors (Lipinski definition) is 2. The summed E-state index contributed by atoms with van der Waals surface area (Å²) < 4.78 is 0. The van der Waals surface area contributed by atoms with Gasteiger partial charge in [-0.25, -0.2) is 0 Å². The quantitative estimate of drug-likeness (QED) is 0.703. The van der Waals surface area contributed by atoms with E-state index < -0.39 is 0 Å². The molecule has 1 amide bonds. The molecule has 0 spiro atoms. The fraction of sp³-hybridized carbons (Fsp3) is 0.273. The van der Waals surface area contributed by atoms with Gasteiger partial charge in [0, 0.05) is 24.8 Å². The van der Waals surface area contributed by atoms with Gasteiger partial charge in [0.25, 0.3) is 0 Å². The van der Waals surface area contributed by atoms with Gasteiger partial charge in [-0.3, -0.25) is 4.79 Å². The molecule has 1 aromatic carbocycles. The van der Waals surface area contributed by atoms with Gasteiger partial charge in [-0.2, -0.15) is 0 Å². The summed E-state index contributed by atoms with van der Waals surface area (Å²) >= 11 is 5.05. The molecule has 0 fully saturated rings. The van der Waals surface area contributed by atoms with Gasteiger partial charge < -0.3 is 16.0 Å². The smallest absolute Gasteiger partial charge is 0.221 e. The van der Waals surface area contributed by atoms with Crippen molar-refractivity contribution < 1.29 is 4.79 Å². The van der Waals surface area contributed by atoms with Crippen LogP contribution in [0.5, 0.6) is 0 Å². The lowest BCUT2D eigenvalue weighted by Gasteiger charge is -2.09. The summed E-state index contributed by atoms with van der Waals surface area (Å²) in [7, 11) is 0. The first kappa shape index (κ1) is 12.4. The van der Waals surface area contributed by atoms with E-state index in [0.29, 0.717) is 5.11 Å². The molecule has 0 radical (unpaired) electrons. The van der Waals surface area contributed by atoms with Crippen molar-refractivity contribution >= 4 is 34.6 Å². The minimum absolute atomic E-state index is 0.0797. The molecule has 1 rings (SSSR count). The maximum absolute atomic E-state index is 10.8. The van der Waals surface area contributed by atoms with Gasteiger partial charge in [0.05, 0.1) is 0 Å². The Morgan fingerprint density at radius 3 is 2.12 bits per heavy atom. The standard InChI is InChI=1S/C11H15N3OS/c1-3-12-11(16)14-10-6-4-9(5-7-10)13-8(2)15/h4-7H,3H2,1-2H3,(H,13,15)(H2,12,14,16). The Hall–Kier alpha value is -1.62. The molecule has 0 unspecified atom stereocenters. The number of rotatable bonds is 3. The zero-order valence-corrected chi connectivity index (χ0v) is 10.1. The van der Waals surface area contributed by atoms with Crippen LogP contribution < -0.4 is 16.0 Å². The maximum atomic E-state index is 10.8. The number of thiocarbonyl (C=S) groups is 1. The van der Waals surface area contributed by atoms with Crippen molar-refractivity contribution in [2.45, 2.75) is 13.8 Å². The molecule has 86 valence electrons. The van der Waals surface area contributed by atoms with Gasteiger partial charge in [0.1, 0.15) is 0 Å². The van der Waals surface area contributed by atoms with E-state index >= 15 is 0 Å². The molecule has 1 aromatic rings. The fourth-order valence-corrected chi connectivity index (χ4v) is 1.44. The fourth-order valence-electron chi connectivity index (χ4n) is 1.18. The minimum atomic E-state index is -0.0797. The highest BCUT2D eigenvalue weighted by Gasteiger charge is 1.97. The van der Waals surface area contributed by atoms with Crippen molar-refractivity contribution in [3.63, 3.8) is 0 Å². The number of hydrogen-bond donors (Lipinski definition) is 3. The van der Waals surface area contributed by atoms with Gasteiger partial charge in [0.15, 0.2) is 5.11 Å². The van der Waals surface area contributed by atoms with E-state index in [1.807, 2.05) is 31.2 Å². The zero-order valence-electron chi connectivity index (χ0n) is 9.33. The molecule has 4 nitrogen and oxygen atoms in total. The van der Waals surface area contributed by atoms with E-state index in [4.69, 9.17) is 12.2 Å². The summed E-state index contributed by atoms with van der Waals surface area (Å²) in [5.74, 6) is -0.0797. The largest absolute Gasteiger partial charge is 0.363 e. The molecule has 0 atom stereocenters. The highest BCUT2D eigenvalue weighted by atomic mass is 32.1. The second-order valence-corrected chi connectivity index (χ2v) is 3.65. The normalized spacial score (nSPS) is 9.38. The lowest BCUT2D eigenvalue weighted by molar-refractivity contribution is -0.114. The van der Waals surface area contributed by atoms with Gasteiger partial charge in [-0.05, 0) is 43.4 Å². The average molecular weight is 237 g/mol. The highest BCUT2D eigenvalue weighted by molar-refractivity contribution is 7.80. The van der Waals surface area contributed by atoms with Crippen molar-refractivity contribution in [3.8, 4) is 0 Å². The first-order valence-electron chi connectivity index (χ1n) is 5.04. The van der Waals surface area contributed by atoms with Crippen molar-refractivity contribution in [2.24, 2.45) is 0 Å². The third kappa shape index (κ3) is 4.27. The molecule has 0 heterocycles. The second-order valence-electron chi connectivity index (χ2n) is 3.24. The minimum Gasteiger partial charge on any atom is -0.363 e. The molecule has 0 saturated heterocycles. The number of benzene rings is 1. The maximum Gasteiger partial charge on any atom is 0.221 e. The van der Waals surface area contributed by atoms with Crippen LogP contribution in [0.2, 0.25) is 0 Å². The van der Waals surface area contributed by atoms with Gasteiger partial charge in [-0.1, -0.05) is 0 Å². The SMILES string of the molecule is CCNC(=S)Nc1ccc(NC(C)=O)cc1. The number of amides is 1. The lowest BCUT2D eigenvalue weighted by atomic mass is 10.3. The molecule has 0 aliphatic heterocycles. The summed E-state index contributed by atoms with van der Waals surface area (Å²) in [4.78, 5) is 10.8. The third-order valence-electron chi connectivity index (χ3n) is 1.80. The Bertz CT molecular complexity index is 375. The van der Waals surface area contributed by atoms with Crippen molar-refractivity contribution in [2.75, 3.05) is 17.2 Å². The van der Waals surface area contributed by atoms with Crippen LogP contribution in [0.15, 0.2) is 24.3 Å². The topological polar surface area (TPSA) is 53.2 Å². The second kappa shape index (κ2) is 6.07. The van der Waals surface area contributed by atoms with E-state index in [-0.39, 0.29) is 5.91 Å². The van der Waals surface area contributed by atoms with Gasteiger partial charge >= 0.3 is 0 Å². The Kier molecular flexibility index (Phi) is 4.72. The Morgan fingerprint density at radius 2 is 1.69 bits per heavy atom. The Labute approximate surface area is 100 Å². The van der Waals surface area contributed by atoms with Crippen LogP contribution in [0.4, 0.5) is 11.4 Å². The van der Waals surface area contributed by atoms with Crippen LogP contribution in [-0.2, 0) is 4.79 Å². The van der Waals surface area contributed by atoms with Crippen LogP contribution >= 0.6 is 12.2 Å². The molecule has 3 N–H and O–H groups in total. The van der Waals surface area contributed by atoms with Crippen LogP contribution in [0.1, 0.15) is 13.8 Å². The summed E-state index contributed by atoms with van der Waals surface area (Å²) in [6, 6.07) is 7.35. The monoisotopic (exact) mass is 237 g/mol. The number of carbonyl (C=O) groups excluding carboxylic acids is 1. The highest BCUT2D eigenvalue weighted by Crippen LogP contribution is 2.13. The molecule has 5 heteroatoms. The van der Waals surface area contributed by atoms with Crippen LogP contribution in [0.3, 0.4) is 0 Å². The summed E-state index contributed by atoms with van der Waals surface area (Å²) in [5, 5.41) is 9.31. The first-order valence-corrected chi connectivity index (χ1v) is 5.45. The van der Waals surface area contributed by atoms with E-state index in [2.05, 4.69) is 16.0 Å². The van der Waals surface area contributed by atoms with E-state index in [1.165, 1.54) is 6.92 Å². The number of carbonyl (C=O) groups is 1. The number of anilines is 2. The van der Waals surface area contributed by atoms with E-state index in [0.717, 1.165) is 17.9 Å². The van der Waals surface area contributed by atoms with Crippen molar-refractivity contribution in [3.05, 3.63) is 24.3 Å². The molecule has 16 heavy (non-hydrogen) atoms. The summed E-state index contributed by atoms with van der Waals surface area (Å²) in [6.45, 7) is 4.25. The summed E-state index contributed by atoms with van der Waals surface area (Å²) in [6.07, 6.45) is 0. The molecular formula is C11H15N3OS. The summed E-state index contributed by atoms with van der Waals surface area (Å²) in [5.41, 5.74) is 1.66. The van der Waals surface area contributed by atoms with Crippen molar-refractivity contribution in [1.82, 2.24) is 5.32 Å². The Morgan fingerprint density at radius 1 is 1.19 bits per heavy atom. The lowest BCUT2D eigenvalue weighted by Crippen LogP contribution is -2.27. The first-order chi connectivity index (χ1) is 7.61. The number of nitrogens with one attached hydrogen (secondary N) is 3. The van der Waals surface area contributed by atoms with Crippen LogP contribution in [0.25, 0.3) is 0 Å². The molecule has 0 aromatic heterocycles. The zero-order chi connectivity index (χ0) is 12.0. The average Bonchev–Trinajstić information content (AvgIpc) is 2.20. The van der Waals surface area contributed by atoms with Gasteiger partial charge in [0.2, 0.25) is 5.91 Å². The molecule has 0 saturated carbocycles. The third-order valence-corrected chi connectivity index (χ3v) is 2.05. The van der Waals surface area contributed by atoms with Crippen molar-refractivity contribution in [1.29, 1.82) is 0 Å². The predicted molar refractivity (Wildman–Crippen MR) is 70.6 cm³/mol. The predicted octanol–water partition coefficient (Wildman–Crippen LogP) is 1.95. The van der Waals surface area contributed by atoms with E-state index in [1.54, 1.807) is 0 Å². The van der Waals surface area contributed by atoms with Crippen LogP contribution in [0, 0.1) is 0 Å². The molecule has 0 aliphatic carbocycles. The molecule has 0 aliphatic rings. The molecule has 0 bridgehead atoms. The Balaban J connectivity index is 2.57.